The smallest absolute Gasteiger partial charge is 0.193 e. The Labute approximate surface area is 391 Å². The molecule has 0 amide bonds. The van der Waals surface area contributed by atoms with E-state index in [0.29, 0.717) is 12.3 Å². The van der Waals surface area contributed by atoms with E-state index in [1.807, 2.05) is 0 Å². The highest BCUT2D eigenvalue weighted by molar-refractivity contribution is 6.75. The number of rotatable bonds is 34. The van der Waals surface area contributed by atoms with Gasteiger partial charge in [-0.05, 0) is 150 Å². The molecule has 0 unspecified atom stereocenters. The zero-order chi connectivity index (χ0) is 48.5. The van der Waals surface area contributed by atoms with Crippen LogP contribution in [0.4, 0.5) is 0 Å². The molecular formula is C50H106O7Si5. The van der Waals surface area contributed by atoms with Crippen LogP contribution in [-0.4, -0.2) is 89.1 Å². The molecule has 7 nitrogen and oxygen atoms in total. The number of carbonyl (C=O) groups excluding carboxylic acids is 1. The molecule has 0 aromatic rings. The minimum absolute atomic E-state index is 0.00384. The molecule has 0 aliphatic rings. The van der Waals surface area contributed by atoms with Gasteiger partial charge in [0.2, 0.25) is 0 Å². The average molecular weight is 960 g/mol. The molecule has 0 aromatic heterocycles. The molecular weight excluding hydrogens is 853 g/mol. The molecule has 0 heterocycles. The van der Waals surface area contributed by atoms with Gasteiger partial charge < -0.3 is 27.2 Å². The first kappa shape index (κ1) is 62.0. The van der Waals surface area contributed by atoms with Gasteiger partial charge in [-0.3, -0.25) is 4.79 Å². The van der Waals surface area contributed by atoms with Crippen LogP contribution in [0, 0.1) is 11.8 Å². The molecule has 0 rings (SSSR count). The van der Waals surface area contributed by atoms with E-state index in [2.05, 4.69) is 163 Å². The second-order valence-corrected chi connectivity index (χ2v) is 45.6. The van der Waals surface area contributed by atoms with Crippen LogP contribution in [0.3, 0.4) is 0 Å². The zero-order valence-electron chi connectivity index (χ0n) is 45.3. The van der Waals surface area contributed by atoms with Crippen molar-refractivity contribution in [2.75, 3.05) is 6.61 Å². The Morgan fingerprint density at radius 3 is 1.56 bits per heavy atom. The lowest BCUT2D eigenvalue weighted by Gasteiger charge is -2.44. The lowest BCUT2D eigenvalue weighted by molar-refractivity contribution is -0.135. The molecule has 368 valence electrons. The molecule has 0 radical (unpaired) electrons. The normalized spacial score (nSPS) is 17.9. The number of hydrogen-bond donors (Lipinski definition) is 1. The van der Waals surface area contributed by atoms with Gasteiger partial charge in [0.15, 0.2) is 47.4 Å². The fourth-order valence-electron chi connectivity index (χ4n) is 9.06. The SMILES string of the molecule is C=C(/C=C(\C)[C@@](C)(C[C@@H](O)CC(=O)[C@H](O[Si](CC)(CC)CC)[C@@H](O[Si](CC)(CC)CC)[C@H](C)C[C@H](C)O[Si](C)(C)C)O[Si](CC)(CC)CC)C[C@@H](C)CCO[Si](C)(C)C(C)(C)C. The number of aliphatic hydroxyl groups excluding tert-OH is 1. The van der Waals surface area contributed by atoms with E-state index >= 15 is 4.79 Å². The predicted octanol–water partition coefficient (Wildman–Crippen LogP) is 15.5. The van der Waals surface area contributed by atoms with Crippen molar-refractivity contribution in [1.82, 2.24) is 0 Å². The van der Waals surface area contributed by atoms with E-state index in [9.17, 15) is 5.11 Å². The van der Waals surface area contributed by atoms with E-state index < -0.39 is 65.5 Å². The number of hydrogen-bond acceptors (Lipinski definition) is 7. The van der Waals surface area contributed by atoms with Gasteiger partial charge in [0.1, 0.15) is 6.10 Å². The Kier molecular flexibility index (Phi) is 27.1. The van der Waals surface area contributed by atoms with Gasteiger partial charge in [-0.25, -0.2) is 0 Å². The fraction of sp³-hybridized carbons (Fsp3) is 0.900. The number of ketones is 1. The van der Waals surface area contributed by atoms with Crippen molar-refractivity contribution in [3.8, 4) is 0 Å². The summed E-state index contributed by atoms with van der Waals surface area (Å²) in [7, 11) is -10.2. The largest absolute Gasteiger partial charge is 0.417 e. The van der Waals surface area contributed by atoms with Gasteiger partial charge in [0.25, 0.3) is 0 Å². The molecule has 0 bridgehead atoms. The molecule has 0 aromatic carbocycles. The van der Waals surface area contributed by atoms with Gasteiger partial charge in [-0.1, -0.05) is 115 Å². The summed E-state index contributed by atoms with van der Waals surface area (Å²) >= 11 is 0. The first-order chi connectivity index (χ1) is 28.4. The minimum Gasteiger partial charge on any atom is -0.417 e. The second-order valence-electron chi connectivity index (χ2n) is 22.2. The van der Waals surface area contributed by atoms with Gasteiger partial charge in [-0.2, -0.15) is 0 Å². The van der Waals surface area contributed by atoms with Gasteiger partial charge in [-0.15, -0.1) is 0 Å². The van der Waals surface area contributed by atoms with Crippen molar-refractivity contribution >= 4 is 47.4 Å². The molecule has 7 atom stereocenters. The highest BCUT2D eigenvalue weighted by Gasteiger charge is 2.46. The standard InChI is InChI=1S/C50H106O7Si5/c1-24-60(25-2,26-3)55-47(42(12)37-44(14)54-58(19,20)21)48(56-61(27-4,28-5)29-6)46(52)38-45(51)39-50(18,57-62(30-7,31-8)32-9)43(13)36-41(11)35-40(10)33-34-53-59(22,23)49(15,16)17/h36,40,42,44-45,47-48,51H,11,24-35,37-39H2,1-10,12-23H3/b43-36+/t40-,42+,44-,45-,47-,48-,50+/m0/s1. The van der Waals surface area contributed by atoms with Gasteiger partial charge in [0.05, 0.1) is 17.8 Å². The van der Waals surface area contributed by atoms with Crippen LogP contribution in [0.2, 0.25) is 92.2 Å². The monoisotopic (exact) mass is 959 g/mol. The average Bonchev–Trinajstić information content (AvgIpc) is 3.17. The van der Waals surface area contributed by atoms with E-state index in [1.165, 1.54) is 0 Å². The third kappa shape index (κ3) is 19.7. The van der Waals surface area contributed by atoms with E-state index in [4.69, 9.17) is 22.1 Å². The Balaban J connectivity index is 7.10. The molecule has 0 fully saturated rings. The maximum Gasteiger partial charge on any atom is 0.193 e. The number of Topliss-reactive ketones (excluding diaryl/α,β-unsaturated/α-hetero) is 1. The van der Waals surface area contributed by atoms with E-state index in [-0.39, 0.29) is 29.3 Å². The number of carbonyl (C=O) groups is 1. The Hall–Kier alpha value is -0.00558. The van der Waals surface area contributed by atoms with E-state index in [1.54, 1.807) is 0 Å². The molecule has 1 N–H and O–H groups in total. The molecule has 0 aliphatic heterocycles. The van der Waals surface area contributed by atoms with Crippen LogP contribution in [-0.2, 0) is 26.9 Å². The van der Waals surface area contributed by atoms with E-state index in [0.717, 1.165) is 91.4 Å². The van der Waals surface area contributed by atoms with Crippen LogP contribution in [0.1, 0.15) is 150 Å². The summed E-state index contributed by atoms with van der Waals surface area (Å²) in [5.74, 6) is 0.401. The maximum atomic E-state index is 15.2. The zero-order valence-corrected chi connectivity index (χ0v) is 50.3. The summed E-state index contributed by atoms with van der Waals surface area (Å²) in [5.41, 5.74) is 1.35. The third-order valence-electron chi connectivity index (χ3n) is 15.2. The van der Waals surface area contributed by atoms with Crippen molar-refractivity contribution in [2.24, 2.45) is 11.8 Å². The lowest BCUT2D eigenvalue weighted by Crippen LogP contribution is -2.55. The summed E-state index contributed by atoms with van der Waals surface area (Å²) in [4.78, 5) is 15.2. The number of aliphatic hydroxyl groups is 1. The minimum atomic E-state index is -2.29. The second kappa shape index (κ2) is 27.1. The Morgan fingerprint density at radius 2 is 1.15 bits per heavy atom. The summed E-state index contributed by atoms with van der Waals surface area (Å²) in [6.07, 6.45) is 3.11. The molecule has 0 saturated carbocycles. The highest BCUT2D eigenvalue weighted by atomic mass is 28.4. The fourth-order valence-corrected chi connectivity index (χ4v) is 20.3. The quantitative estimate of drug-likeness (QED) is 0.0508. The summed E-state index contributed by atoms with van der Waals surface area (Å²) in [6.45, 7) is 54.7. The Morgan fingerprint density at radius 1 is 0.694 bits per heavy atom. The molecule has 62 heavy (non-hydrogen) atoms. The summed E-state index contributed by atoms with van der Waals surface area (Å²) < 4.78 is 35.3. The van der Waals surface area contributed by atoms with Crippen LogP contribution >= 0.6 is 0 Å². The topological polar surface area (TPSA) is 83.5 Å². The molecule has 0 aliphatic carbocycles. The third-order valence-corrected chi connectivity index (χ3v) is 34.9. The lowest BCUT2D eigenvalue weighted by atomic mass is 9.85. The van der Waals surface area contributed by atoms with Crippen LogP contribution in [0.15, 0.2) is 23.8 Å². The first-order valence-electron chi connectivity index (χ1n) is 25.4. The van der Waals surface area contributed by atoms with Crippen LogP contribution in [0.5, 0.6) is 0 Å². The van der Waals surface area contributed by atoms with Crippen molar-refractivity contribution in [3.05, 3.63) is 23.8 Å². The van der Waals surface area contributed by atoms with Crippen molar-refractivity contribution in [2.45, 2.75) is 272 Å². The molecule has 12 heteroatoms. The summed E-state index contributed by atoms with van der Waals surface area (Å²) in [5, 5.41) is 12.5. The first-order valence-corrected chi connectivity index (χ1v) is 39.3. The predicted molar refractivity (Wildman–Crippen MR) is 283 cm³/mol. The van der Waals surface area contributed by atoms with Crippen LogP contribution < -0.4 is 0 Å². The molecule has 0 saturated heterocycles. The van der Waals surface area contributed by atoms with Gasteiger partial charge >= 0.3 is 0 Å². The van der Waals surface area contributed by atoms with Gasteiger partial charge in [0, 0.05) is 25.6 Å². The Bertz CT molecular complexity index is 1300. The molecule has 0 spiro atoms. The maximum absolute atomic E-state index is 15.2. The number of allylic oxidation sites excluding steroid dienone is 2. The van der Waals surface area contributed by atoms with Crippen molar-refractivity contribution in [3.63, 3.8) is 0 Å². The van der Waals surface area contributed by atoms with Crippen molar-refractivity contribution in [1.29, 1.82) is 0 Å². The summed E-state index contributed by atoms with van der Waals surface area (Å²) in [6, 6.07) is 8.73. The highest BCUT2D eigenvalue weighted by Crippen LogP contribution is 2.40. The van der Waals surface area contributed by atoms with Crippen LogP contribution in [0.25, 0.3) is 0 Å². The van der Waals surface area contributed by atoms with Crippen molar-refractivity contribution < 1.29 is 32.0 Å².